The Morgan fingerprint density at radius 3 is 2.50 bits per heavy atom. The van der Waals surface area contributed by atoms with Crippen LogP contribution in [-0.4, -0.2) is 33.5 Å². The van der Waals surface area contributed by atoms with Gasteiger partial charge in [0.25, 0.3) is 0 Å². The molecular weight excluding hydrogens is 240 g/mol. The average molecular weight is 260 g/mol. The van der Waals surface area contributed by atoms with E-state index in [-0.39, 0.29) is 6.42 Å². The predicted molar refractivity (Wildman–Crippen MR) is 63.8 cm³/mol. The van der Waals surface area contributed by atoms with E-state index < -0.39 is 23.3 Å². The van der Waals surface area contributed by atoms with E-state index >= 15 is 0 Å². The van der Waals surface area contributed by atoms with Crippen molar-refractivity contribution in [2.24, 2.45) is 5.92 Å². The Balaban J connectivity index is 2.48. The molecule has 1 saturated carbocycles. The lowest BCUT2D eigenvalue weighted by Crippen LogP contribution is -2.39. The van der Waals surface area contributed by atoms with Crippen molar-refractivity contribution in [2.45, 2.75) is 57.2 Å². The number of aliphatic hydroxyl groups is 1. The van der Waals surface area contributed by atoms with E-state index in [9.17, 15) is 20.0 Å². The second kappa shape index (κ2) is 7.15. The van der Waals surface area contributed by atoms with Crippen LogP contribution in [0.1, 0.15) is 44.9 Å². The molecule has 104 valence electrons. The summed E-state index contributed by atoms with van der Waals surface area (Å²) in [5.41, 5.74) is 0. The number of hydrogen-bond acceptors (Lipinski definition) is 4. The Hall–Kier alpha value is -1.37. The molecule has 0 spiro atoms. The minimum Gasteiger partial charge on any atom is -0.465 e. The van der Waals surface area contributed by atoms with Crippen molar-refractivity contribution >= 4 is 6.09 Å². The highest BCUT2D eigenvalue weighted by Crippen LogP contribution is 2.28. The number of rotatable bonds is 6. The predicted octanol–water partition coefficient (Wildman–Crippen LogP) is 1.58. The minimum atomic E-state index is -1.70. The molecule has 0 aromatic heterocycles. The van der Waals surface area contributed by atoms with E-state index in [0.29, 0.717) is 12.3 Å². The molecule has 0 radical (unpaired) electrons. The van der Waals surface area contributed by atoms with Gasteiger partial charge in [0.15, 0.2) is 0 Å². The van der Waals surface area contributed by atoms with E-state index in [4.69, 9.17) is 5.11 Å². The zero-order valence-corrected chi connectivity index (χ0v) is 10.2. The molecule has 1 amide bonds. The third-order valence-corrected chi connectivity index (χ3v) is 3.41. The fraction of sp³-hybridized carbons (Fsp3) is 0.909. The largest absolute Gasteiger partial charge is 0.465 e. The zero-order valence-electron chi connectivity index (χ0n) is 10.2. The van der Waals surface area contributed by atoms with Crippen LogP contribution >= 0.6 is 0 Å². The third-order valence-electron chi connectivity index (χ3n) is 3.41. The molecule has 7 heteroatoms. The van der Waals surface area contributed by atoms with Crippen molar-refractivity contribution < 1.29 is 19.9 Å². The van der Waals surface area contributed by atoms with Gasteiger partial charge < -0.3 is 15.5 Å². The maximum atomic E-state index is 10.6. The Bertz CT molecular complexity index is 291. The highest BCUT2D eigenvalue weighted by molar-refractivity contribution is 5.64. The molecule has 0 bridgehead atoms. The zero-order chi connectivity index (χ0) is 13.5. The summed E-state index contributed by atoms with van der Waals surface area (Å²) in [6.07, 6.45) is 3.01. The van der Waals surface area contributed by atoms with Crippen molar-refractivity contribution in [3.63, 3.8) is 0 Å². The molecule has 18 heavy (non-hydrogen) atoms. The van der Waals surface area contributed by atoms with Gasteiger partial charge in [0.1, 0.15) is 0 Å². The van der Waals surface area contributed by atoms with Gasteiger partial charge in [-0.25, -0.2) is 4.79 Å². The molecule has 2 atom stereocenters. The van der Waals surface area contributed by atoms with Gasteiger partial charge in [0, 0.05) is 6.04 Å². The molecule has 1 aliphatic rings. The molecule has 0 aliphatic heterocycles. The Morgan fingerprint density at radius 1 is 1.39 bits per heavy atom. The van der Waals surface area contributed by atoms with E-state index in [1.165, 1.54) is 6.42 Å². The van der Waals surface area contributed by atoms with Crippen LogP contribution in [0.15, 0.2) is 0 Å². The quantitative estimate of drug-likeness (QED) is 0.381. The second-order valence-corrected chi connectivity index (χ2v) is 4.89. The SMILES string of the molecule is O=C(O)N[C@@H](CC1CCCCC1)C[C@H](O)[N+](=O)[O-]. The molecule has 1 aliphatic carbocycles. The van der Waals surface area contributed by atoms with Crippen LogP contribution in [0.2, 0.25) is 0 Å². The standard InChI is InChI=1S/C11H20N2O5/c14-10(13(17)18)7-9(12-11(15)16)6-8-4-2-1-3-5-8/h8-10,12,14H,1-7H2,(H,15,16)/t9-,10-/m0/s1. The smallest absolute Gasteiger partial charge is 0.404 e. The van der Waals surface area contributed by atoms with Crippen LogP contribution in [-0.2, 0) is 0 Å². The van der Waals surface area contributed by atoms with Crippen molar-refractivity contribution in [1.29, 1.82) is 0 Å². The van der Waals surface area contributed by atoms with E-state index in [2.05, 4.69) is 5.32 Å². The lowest BCUT2D eigenvalue weighted by molar-refractivity contribution is -0.571. The van der Waals surface area contributed by atoms with Crippen LogP contribution < -0.4 is 5.32 Å². The number of amides is 1. The second-order valence-electron chi connectivity index (χ2n) is 4.89. The maximum Gasteiger partial charge on any atom is 0.404 e. The molecule has 3 N–H and O–H groups in total. The van der Waals surface area contributed by atoms with Gasteiger partial charge in [-0.2, -0.15) is 0 Å². The molecule has 0 unspecified atom stereocenters. The van der Waals surface area contributed by atoms with Gasteiger partial charge in [-0.05, 0) is 12.3 Å². The number of aliphatic hydroxyl groups excluding tert-OH is 1. The van der Waals surface area contributed by atoms with Gasteiger partial charge >= 0.3 is 12.3 Å². The minimum absolute atomic E-state index is 0.171. The van der Waals surface area contributed by atoms with Crippen molar-refractivity contribution in [3.8, 4) is 0 Å². The number of nitro groups is 1. The van der Waals surface area contributed by atoms with Crippen LogP contribution in [0.3, 0.4) is 0 Å². The Morgan fingerprint density at radius 2 is 2.00 bits per heavy atom. The summed E-state index contributed by atoms with van der Waals surface area (Å²) in [6, 6.07) is -0.550. The van der Waals surface area contributed by atoms with Gasteiger partial charge in [0.05, 0.1) is 11.3 Å². The number of nitrogens with one attached hydrogen (secondary N) is 1. The lowest BCUT2D eigenvalue weighted by Gasteiger charge is -2.26. The fourth-order valence-corrected chi connectivity index (χ4v) is 2.55. The van der Waals surface area contributed by atoms with Crippen LogP contribution in [0.4, 0.5) is 4.79 Å². The van der Waals surface area contributed by atoms with E-state index in [0.717, 1.165) is 25.7 Å². The highest BCUT2D eigenvalue weighted by Gasteiger charge is 2.26. The van der Waals surface area contributed by atoms with Gasteiger partial charge in [-0.15, -0.1) is 0 Å². The normalized spacial score (nSPS) is 20.1. The summed E-state index contributed by atoms with van der Waals surface area (Å²) in [6.45, 7) is 0. The van der Waals surface area contributed by atoms with Gasteiger partial charge in [0.2, 0.25) is 0 Å². The monoisotopic (exact) mass is 260 g/mol. The van der Waals surface area contributed by atoms with Crippen LogP contribution in [0.5, 0.6) is 0 Å². The van der Waals surface area contributed by atoms with Gasteiger partial charge in [-0.3, -0.25) is 10.1 Å². The molecule has 0 aromatic carbocycles. The van der Waals surface area contributed by atoms with Crippen molar-refractivity contribution in [1.82, 2.24) is 5.32 Å². The molecule has 7 nitrogen and oxygen atoms in total. The summed E-state index contributed by atoms with van der Waals surface area (Å²) in [5, 5.41) is 30.6. The van der Waals surface area contributed by atoms with Crippen molar-refractivity contribution in [2.75, 3.05) is 0 Å². The van der Waals surface area contributed by atoms with E-state index in [1.807, 2.05) is 0 Å². The summed E-state index contributed by atoms with van der Waals surface area (Å²) < 4.78 is 0. The maximum absolute atomic E-state index is 10.6. The summed E-state index contributed by atoms with van der Waals surface area (Å²) in [4.78, 5) is 20.2. The lowest BCUT2D eigenvalue weighted by atomic mass is 9.84. The fourth-order valence-electron chi connectivity index (χ4n) is 2.55. The first-order valence-corrected chi connectivity index (χ1v) is 6.30. The molecule has 0 saturated heterocycles. The van der Waals surface area contributed by atoms with Gasteiger partial charge in [-0.1, -0.05) is 32.1 Å². The first kappa shape index (κ1) is 14.7. The Labute approximate surface area is 105 Å². The number of nitrogens with zero attached hydrogens (tertiary/aromatic N) is 1. The van der Waals surface area contributed by atoms with Crippen LogP contribution in [0, 0.1) is 16.0 Å². The highest BCUT2D eigenvalue weighted by atomic mass is 16.7. The van der Waals surface area contributed by atoms with Crippen molar-refractivity contribution in [3.05, 3.63) is 10.1 Å². The molecule has 1 fully saturated rings. The molecule has 0 aromatic rings. The molecule has 0 heterocycles. The van der Waals surface area contributed by atoms with Crippen LogP contribution in [0.25, 0.3) is 0 Å². The molecular formula is C11H20N2O5. The van der Waals surface area contributed by atoms with E-state index in [1.54, 1.807) is 0 Å². The topological polar surface area (TPSA) is 113 Å². The number of carboxylic acid groups (broad SMARTS) is 1. The Kier molecular flexibility index (Phi) is 5.84. The first-order valence-electron chi connectivity index (χ1n) is 6.30. The summed E-state index contributed by atoms with van der Waals surface area (Å²) in [5.74, 6) is 0.398. The number of hydrogen-bond donors (Lipinski definition) is 3. The third kappa shape index (κ3) is 5.31. The summed E-state index contributed by atoms with van der Waals surface area (Å²) in [7, 11) is 0. The molecule has 1 rings (SSSR count). The number of carbonyl (C=O) groups is 1. The first-order chi connectivity index (χ1) is 8.49. The summed E-state index contributed by atoms with van der Waals surface area (Å²) >= 11 is 0. The average Bonchev–Trinajstić information content (AvgIpc) is 2.29.